The van der Waals surface area contributed by atoms with Gasteiger partial charge in [-0.2, -0.15) is 0 Å². The first-order valence-corrected chi connectivity index (χ1v) is 9.69. The van der Waals surface area contributed by atoms with Gasteiger partial charge in [-0.05, 0) is 58.6 Å². The molecule has 1 fully saturated rings. The summed E-state index contributed by atoms with van der Waals surface area (Å²) >= 11 is 0. The summed E-state index contributed by atoms with van der Waals surface area (Å²) in [6, 6.07) is 5.09. The lowest BCUT2D eigenvalue weighted by Crippen LogP contribution is -2.42. The van der Waals surface area contributed by atoms with Gasteiger partial charge >= 0.3 is 12.1 Å². The van der Waals surface area contributed by atoms with Crippen molar-refractivity contribution in [3.63, 3.8) is 0 Å². The Labute approximate surface area is 166 Å². The Kier molecular flexibility index (Phi) is 7.54. The number of likely N-dealkylation sites (tertiary alicyclic amines) is 1. The smallest absolute Gasteiger partial charge is 0.410 e. The van der Waals surface area contributed by atoms with E-state index in [-0.39, 0.29) is 6.09 Å². The number of hydrogen-bond acceptors (Lipinski definition) is 6. The predicted octanol–water partition coefficient (Wildman–Crippen LogP) is 3.90. The number of carbonyl (C=O) groups is 2. The molecule has 0 aliphatic carbocycles. The highest BCUT2D eigenvalue weighted by molar-refractivity contribution is 5.92. The fraction of sp³-hybridized carbons (Fsp3) is 0.619. The van der Waals surface area contributed by atoms with Crippen LogP contribution in [0.15, 0.2) is 18.2 Å². The molecular weight excluding hydrogens is 362 g/mol. The minimum Gasteiger partial charge on any atom is -0.496 e. The number of rotatable bonds is 6. The molecular formula is C21H31NO6. The molecule has 0 N–H and O–H groups in total. The zero-order valence-corrected chi connectivity index (χ0v) is 17.4. The average molecular weight is 393 g/mol. The molecule has 0 spiro atoms. The largest absolute Gasteiger partial charge is 0.496 e. The molecule has 0 unspecified atom stereocenters. The first kappa shape index (κ1) is 21.9. The Morgan fingerprint density at radius 3 is 2.43 bits per heavy atom. The normalized spacial score (nSPS) is 15.1. The maximum atomic E-state index is 12.1. The second-order valence-electron chi connectivity index (χ2n) is 7.80. The maximum Gasteiger partial charge on any atom is 0.410 e. The SMILES string of the molecule is CCOC(=O)c1ccc(OCC2CCN(C(=O)OC(C)(C)C)CC2)cc1OC. The summed E-state index contributed by atoms with van der Waals surface area (Å²) in [5.74, 6) is 1.00. The van der Waals surface area contributed by atoms with Crippen LogP contribution in [0.3, 0.4) is 0 Å². The van der Waals surface area contributed by atoms with Gasteiger partial charge in [-0.15, -0.1) is 0 Å². The number of esters is 1. The van der Waals surface area contributed by atoms with Gasteiger partial charge in [-0.1, -0.05) is 0 Å². The third kappa shape index (κ3) is 6.32. The third-order valence-corrected chi connectivity index (χ3v) is 4.42. The molecule has 1 aromatic rings. The summed E-state index contributed by atoms with van der Waals surface area (Å²) in [6.07, 6.45) is 1.46. The number of nitrogens with zero attached hydrogens (tertiary/aromatic N) is 1. The van der Waals surface area contributed by atoms with Gasteiger partial charge in [0, 0.05) is 19.2 Å². The molecule has 0 radical (unpaired) electrons. The molecule has 1 heterocycles. The van der Waals surface area contributed by atoms with E-state index in [0.29, 0.717) is 49.3 Å². The Bertz CT molecular complexity index is 674. The molecule has 28 heavy (non-hydrogen) atoms. The minimum absolute atomic E-state index is 0.258. The van der Waals surface area contributed by atoms with Crippen molar-refractivity contribution in [3.05, 3.63) is 23.8 Å². The van der Waals surface area contributed by atoms with Gasteiger partial charge in [0.2, 0.25) is 0 Å². The van der Waals surface area contributed by atoms with Crippen LogP contribution in [0, 0.1) is 5.92 Å². The molecule has 156 valence electrons. The van der Waals surface area contributed by atoms with Crippen LogP contribution in [0.4, 0.5) is 4.79 Å². The molecule has 0 saturated carbocycles. The first-order valence-electron chi connectivity index (χ1n) is 9.69. The van der Waals surface area contributed by atoms with E-state index in [0.717, 1.165) is 12.8 Å². The highest BCUT2D eigenvalue weighted by Crippen LogP contribution is 2.27. The van der Waals surface area contributed by atoms with Gasteiger partial charge < -0.3 is 23.8 Å². The van der Waals surface area contributed by atoms with E-state index in [1.54, 1.807) is 30.0 Å². The van der Waals surface area contributed by atoms with Gasteiger partial charge in [0.25, 0.3) is 0 Å². The van der Waals surface area contributed by atoms with Gasteiger partial charge in [0.05, 0.1) is 20.3 Å². The molecule has 1 aliphatic heterocycles. The van der Waals surface area contributed by atoms with Crippen LogP contribution in [0.25, 0.3) is 0 Å². The number of ether oxygens (including phenoxy) is 4. The number of benzene rings is 1. The Morgan fingerprint density at radius 1 is 1.18 bits per heavy atom. The minimum atomic E-state index is -0.480. The summed E-state index contributed by atoms with van der Waals surface area (Å²) in [7, 11) is 1.51. The highest BCUT2D eigenvalue weighted by Gasteiger charge is 2.27. The fourth-order valence-electron chi connectivity index (χ4n) is 2.96. The van der Waals surface area contributed by atoms with Gasteiger partial charge in [-0.25, -0.2) is 9.59 Å². The number of piperidine rings is 1. The lowest BCUT2D eigenvalue weighted by molar-refractivity contribution is 0.0164. The van der Waals surface area contributed by atoms with Crippen LogP contribution >= 0.6 is 0 Å². The molecule has 1 aromatic carbocycles. The van der Waals surface area contributed by atoms with Crippen molar-refractivity contribution in [1.29, 1.82) is 0 Å². The molecule has 1 aliphatic rings. The van der Waals surface area contributed by atoms with E-state index in [4.69, 9.17) is 18.9 Å². The fourth-order valence-corrected chi connectivity index (χ4v) is 2.96. The van der Waals surface area contributed by atoms with Crippen LogP contribution in [0.5, 0.6) is 11.5 Å². The van der Waals surface area contributed by atoms with E-state index < -0.39 is 11.6 Å². The van der Waals surface area contributed by atoms with Gasteiger partial charge in [0.15, 0.2) is 0 Å². The van der Waals surface area contributed by atoms with Gasteiger partial charge in [0.1, 0.15) is 22.7 Å². The lowest BCUT2D eigenvalue weighted by atomic mass is 9.98. The van der Waals surface area contributed by atoms with E-state index >= 15 is 0 Å². The Morgan fingerprint density at radius 2 is 1.86 bits per heavy atom. The summed E-state index contributed by atoms with van der Waals surface area (Å²) < 4.78 is 21.6. The Balaban J connectivity index is 1.85. The molecule has 0 atom stereocenters. The van der Waals surface area contributed by atoms with Crippen molar-refractivity contribution < 1.29 is 28.5 Å². The highest BCUT2D eigenvalue weighted by atomic mass is 16.6. The molecule has 0 bridgehead atoms. The van der Waals surface area contributed by atoms with Gasteiger partial charge in [-0.3, -0.25) is 0 Å². The predicted molar refractivity (Wildman–Crippen MR) is 105 cm³/mol. The quantitative estimate of drug-likeness (QED) is 0.683. The maximum absolute atomic E-state index is 12.1. The van der Waals surface area contributed by atoms with Crippen molar-refractivity contribution >= 4 is 12.1 Å². The average Bonchev–Trinajstić information content (AvgIpc) is 2.65. The van der Waals surface area contributed by atoms with E-state index in [1.165, 1.54) is 7.11 Å². The summed E-state index contributed by atoms with van der Waals surface area (Å²) in [5, 5.41) is 0. The van der Waals surface area contributed by atoms with Crippen LogP contribution in [-0.2, 0) is 9.47 Å². The monoisotopic (exact) mass is 393 g/mol. The first-order chi connectivity index (χ1) is 13.2. The topological polar surface area (TPSA) is 74.3 Å². The number of methoxy groups -OCH3 is 1. The summed E-state index contributed by atoms with van der Waals surface area (Å²) in [6.45, 7) is 9.54. The number of carbonyl (C=O) groups excluding carboxylic acids is 2. The van der Waals surface area contributed by atoms with Crippen LogP contribution in [-0.4, -0.2) is 56.0 Å². The van der Waals surface area contributed by atoms with E-state index in [9.17, 15) is 9.59 Å². The van der Waals surface area contributed by atoms with E-state index in [1.807, 2.05) is 20.8 Å². The van der Waals surface area contributed by atoms with Crippen molar-refractivity contribution in [2.45, 2.75) is 46.1 Å². The lowest BCUT2D eigenvalue weighted by Gasteiger charge is -2.33. The zero-order valence-electron chi connectivity index (χ0n) is 17.4. The Hall–Kier alpha value is -2.44. The van der Waals surface area contributed by atoms with Crippen molar-refractivity contribution in [1.82, 2.24) is 4.90 Å². The molecule has 7 nitrogen and oxygen atoms in total. The second kappa shape index (κ2) is 9.66. The van der Waals surface area contributed by atoms with Crippen molar-refractivity contribution in [2.24, 2.45) is 5.92 Å². The molecule has 0 aromatic heterocycles. The molecule has 1 saturated heterocycles. The number of amides is 1. The van der Waals surface area contributed by atoms with Crippen molar-refractivity contribution in [3.8, 4) is 11.5 Å². The summed E-state index contributed by atoms with van der Waals surface area (Å²) in [4.78, 5) is 25.8. The van der Waals surface area contributed by atoms with Crippen LogP contribution in [0.2, 0.25) is 0 Å². The standard InChI is InChI=1S/C21H31NO6/c1-6-26-19(23)17-8-7-16(13-18(17)25-5)27-14-15-9-11-22(12-10-15)20(24)28-21(2,3)4/h7-8,13,15H,6,9-12,14H2,1-5H3. The van der Waals surface area contributed by atoms with E-state index in [2.05, 4.69) is 0 Å². The van der Waals surface area contributed by atoms with Crippen LogP contribution < -0.4 is 9.47 Å². The number of hydrogen-bond donors (Lipinski definition) is 0. The molecule has 2 rings (SSSR count). The molecule has 1 amide bonds. The van der Waals surface area contributed by atoms with Crippen LogP contribution in [0.1, 0.15) is 50.9 Å². The third-order valence-electron chi connectivity index (χ3n) is 4.42. The molecule has 7 heteroatoms. The second-order valence-corrected chi connectivity index (χ2v) is 7.80. The zero-order chi connectivity index (χ0) is 20.7. The van der Waals surface area contributed by atoms with Crippen molar-refractivity contribution in [2.75, 3.05) is 33.4 Å². The summed E-state index contributed by atoms with van der Waals surface area (Å²) in [5.41, 5.74) is -0.103.